The van der Waals surface area contributed by atoms with Crippen molar-refractivity contribution < 1.29 is 22.5 Å². The lowest BCUT2D eigenvalue weighted by molar-refractivity contribution is -0.137. The minimum Gasteiger partial charge on any atom is -0.388 e. The summed E-state index contributed by atoms with van der Waals surface area (Å²) < 4.78 is 55.4. The van der Waals surface area contributed by atoms with Crippen LogP contribution in [0.15, 0.2) is 69.2 Å². The summed E-state index contributed by atoms with van der Waals surface area (Å²) in [5.41, 5.74) is 4.88. The van der Waals surface area contributed by atoms with Gasteiger partial charge in [-0.2, -0.15) is 13.2 Å². The Morgan fingerprint density at radius 1 is 1.02 bits per heavy atom. The predicted molar refractivity (Wildman–Crippen MR) is 157 cm³/mol. The molecule has 2 heterocycles. The van der Waals surface area contributed by atoms with Gasteiger partial charge < -0.3 is 16.2 Å². The molecule has 4 rings (SSSR count). The summed E-state index contributed by atoms with van der Waals surface area (Å²) in [5.74, 6) is 0. The highest BCUT2D eigenvalue weighted by atomic mass is 32.2. The van der Waals surface area contributed by atoms with Crippen LogP contribution < -0.4 is 21.9 Å². The van der Waals surface area contributed by atoms with E-state index < -0.39 is 34.3 Å². The van der Waals surface area contributed by atoms with Crippen LogP contribution in [0.2, 0.25) is 0 Å². The van der Waals surface area contributed by atoms with E-state index >= 15 is 0 Å². The first-order chi connectivity index (χ1) is 20.0. The number of nitrogens with one attached hydrogen (secondary N) is 2. The number of aliphatic hydroxyl groups is 1. The Balaban J connectivity index is 1.66. The van der Waals surface area contributed by atoms with Crippen molar-refractivity contribution in [2.75, 3.05) is 64.7 Å². The van der Waals surface area contributed by atoms with E-state index in [0.29, 0.717) is 24.5 Å². The summed E-state index contributed by atoms with van der Waals surface area (Å²) in [7, 11) is -0.0420. The van der Waals surface area contributed by atoms with Crippen molar-refractivity contribution in [3.8, 4) is 5.69 Å². The highest BCUT2D eigenvalue weighted by molar-refractivity contribution is 7.85. The number of rotatable bonds is 11. The van der Waals surface area contributed by atoms with Crippen molar-refractivity contribution >= 4 is 16.5 Å². The lowest BCUT2D eigenvalue weighted by atomic mass is 10.1. The molecule has 0 radical (unpaired) electrons. The quantitative estimate of drug-likeness (QED) is 0.246. The van der Waals surface area contributed by atoms with Crippen molar-refractivity contribution in [3.63, 3.8) is 0 Å². The third-order valence-corrected chi connectivity index (χ3v) is 8.90. The second-order valence-corrected chi connectivity index (χ2v) is 11.6. The topological polar surface area (TPSA) is 116 Å². The first kappa shape index (κ1) is 31.9. The van der Waals surface area contributed by atoms with Gasteiger partial charge in [0.05, 0.1) is 26.8 Å². The monoisotopic (exact) mass is 606 g/mol. The Bertz CT molecular complexity index is 1440. The molecule has 0 amide bonds. The molecule has 13 heteroatoms. The van der Waals surface area contributed by atoms with Gasteiger partial charge in [0.1, 0.15) is 6.23 Å². The number of halogens is 3. The van der Waals surface area contributed by atoms with Crippen LogP contribution in [0.3, 0.4) is 0 Å². The van der Waals surface area contributed by atoms with E-state index in [1.54, 1.807) is 31.3 Å². The molecule has 5 N–H and O–H groups in total. The van der Waals surface area contributed by atoms with Gasteiger partial charge in [0.15, 0.2) is 0 Å². The number of nitrogens with zero attached hydrogens (tertiary/aromatic N) is 3. The smallest absolute Gasteiger partial charge is 0.388 e. The molecule has 1 aromatic heterocycles. The van der Waals surface area contributed by atoms with E-state index in [-0.39, 0.29) is 21.8 Å². The molecule has 0 saturated carbocycles. The summed E-state index contributed by atoms with van der Waals surface area (Å²) >= 11 is 0. The van der Waals surface area contributed by atoms with Crippen LogP contribution in [-0.2, 0) is 17.0 Å². The van der Waals surface area contributed by atoms with Crippen molar-refractivity contribution in [2.24, 2.45) is 5.73 Å². The summed E-state index contributed by atoms with van der Waals surface area (Å²) in [4.78, 5) is 18.9. The van der Waals surface area contributed by atoms with Crippen molar-refractivity contribution in [3.05, 3.63) is 81.8 Å². The van der Waals surface area contributed by atoms with Gasteiger partial charge in [0.2, 0.25) is 0 Å². The predicted octanol–water partition coefficient (Wildman–Crippen LogP) is 2.53. The number of nitrogens with two attached hydrogens (primary N) is 1. The maximum absolute atomic E-state index is 13.7. The van der Waals surface area contributed by atoms with Crippen molar-refractivity contribution in [1.82, 2.24) is 19.7 Å². The van der Waals surface area contributed by atoms with E-state index in [1.807, 2.05) is 0 Å². The molecule has 2 unspecified atom stereocenters. The van der Waals surface area contributed by atoms with E-state index in [1.165, 1.54) is 25.1 Å². The number of hydrogen-bond donors (Lipinski definition) is 4. The van der Waals surface area contributed by atoms with Gasteiger partial charge in [-0.15, -0.1) is 0 Å². The first-order valence-electron chi connectivity index (χ1n) is 13.7. The third-order valence-electron chi connectivity index (χ3n) is 7.39. The van der Waals surface area contributed by atoms with Crippen LogP contribution >= 0.6 is 0 Å². The van der Waals surface area contributed by atoms with Gasteiger partial charge in [-0.1, -0.05) is 6.07 Å². The van der Waals surface area contributed by atoms with E-state index in [0.717, 1.165) is 55.1 Å². The fraction of sp³-hybridized carbons (Fsp3) is 0.414. The molecule has 0 spiro atoms. The minimum absolute atomic E-state index is 0.0412. The second kappa shape index (κ2) is 13.9. The maximum Gasteiger partial charge on any atom is 0.416 e. The Hall–Kier alpha value is -3.07. The normalized spacial score (nSPS) is 16.4. The van der Waals surface area contributed by atoms with E-state index in [9.17, 15) is 27.3 Å². The molecule has 1 fully saturated rings. The summed E-state index contributed by atoms with van der Waals surface area (Å²) in [5, 5.41) is 17.0. The standard InChI is InChI=1S/C29H37F3N6O3S/c1-20-26(42(41)24-8-6-22(34-2)7-9-24)19-25(27(39)35-11-13-37-16-14-36(12-10-33)15-17-37)28(40)38(20)23-5-3-4-21(18-23)29(30,31)32/h3-9,18-19,27,34-35,39H,10-17,33H2,1-2H3. The van der Waals surface area contributed by atoms with Gasteiger partial charge in [-0.25, -0.2) is 4.21 Å². The lowest BCUT2D eigenvalue weighted by Gasteiger charge is -2.34. The molecule has 3 aromatic rings. The summed E-state index contributed by atoms with van der Waals surface area (Å²) in [6.45, 7) is 7.45. The van der Waals surface area contributed by atoms with Gasteiger partial charge in [0, 0.05) is 81.4 Å². The average molecular weight is 607 g/mol. The van der Waals surface area contributed by atoms with Crippen molar-refractivity contribution in [1.29, 1.82) is 0 Å². The highest BCUT2D eigenvalue weighted by Crippen LogP contribution is 2.31. The highest BCUT2D eigenvalue weighted by Gasteiger charge is 2.31. The number of piperazine rings is 1. The Morgan fingerprint density at radius 3 is 2.26 bits per heavy atom. The Morgan fingerprint density at radius 2 is 1.67 bits per heavy atom. The number of benzene rings is 2. The van der Waals surface area contributed by atoms with Gasteiger partial charge in [0.25, 0.3) is 5.56 Å². The lowest BCUT2D eigenvalue weighted by Crippen LogP contribution is -2.49. The SMILES string of the molecule is CNc1ccc(S(=O)c2cc(C(O)NCCN3CCN(CCN)CC3)c(=O)n(-c3cccc(C(F)(F)F)c3)c2C)cc1. The largest absolute Gasteiger partial charge is 0.416 e. The van der Waals surface area contributed by atoms with Crippen LogP contribution in [-0.4, -0.2) is 83.1 Å². The molecule has 42 heavy (non-hydrogen) atoms. The zero-order chi connectivity index (χ0) is 30.4. The number of aromatic nitrogens is 1. The Labute approximate surface area is 245 Å². The molecule has 2 aromatic carbocycles. The van der Waals surface area contributed by atoms with E-state index in [2.05, 4.69) is 20.4 Å². The van der Waals surface area contributed by atoms with Crippen LogP contribution in [0.5, 0.6) is 0 Å². The molecule has 0 bridgehead atoms. The fourth-order valence-electron chi connectivity index (χ4n) is 4.98. The van der Waals surface area contributed by atoms with Crippen LogP contribution in [0.4, 0.5) is 18.9 Å². The molecule has 1 aliphatic heterocycles. The number of pyridine rings is 1. The number of aliphatic hydroxyl groups excluding tert-OH is 1. The number of anilines is 1. The molecule has 0 aliphatic carbocycles. The molecule has 1 saturated heterocycles. The van der Waals surface area contributed by atoms with Gasteiger partial charge >= 0.3 is 6.18 Å². The number of alkyl halides is 3. The number of hydrogen-bond acceptors (Lipinski definition) is 8. The molecule has 228 valence electrons. The van der Waals surface area contributed by atoms with Crippen molar-refractivity contribution in [2.45, 2.75) is 29.1 Å². The summed E-state index contributed by atoms with van der Waals surface area (Å²) in [6.07, 6.45) is -6.06. The van der Waals surface area contributed by atoms with Gasteiger partial charge in [-0.3, -0.25) is 24.5 Å². The minimum atomic E-state index is -4.62. The maximum atomic E-state index is 13.7. The molecule has 2 atom stereocenters. The first-order valence-corrected chi connectivity index (χ1v) is 14.9. The van der Waals surface area contributed by atoms with Crippen LogP contribution in [0, 0.1) is 6.92 Å². The van der Waals surface area contributed by atoms with Gasteiger partial charge in [-0.05, 0) is 55.5 Å². The Kier molecular flexibility index (Phi) is 10.6. The average Bonchev–Trinajstić information content (AvgIpc) is 2.98. The van der Waals surface area contributed by atoms with Crippen LogP contribution in [0.25, 0.3) is 5.69 Å². The fourth-order valence-corrected chi connectivity index (χ4v) is 6.21. The second-order valence-electron chi connectivity index (χ2n) is 10.1. The third kappa shape index (κ3) is 7.46. The zero-order valence-electron chi connectivity index (χ0n) is 23.7. The summed E-state index contributed by atoms with van der Waals surface area (Å²) in [6, 6.07) is 12.6. The molecular formula is C29H37F3N6O3S. The molecular weight excluding hydrogens is 569 g/mol. The molecule has 1 aliphatic rings. The molecule has 9 nitrogen and oxygen atoms in total. The zero-order valence-corrected chi connectivity index (χ0v) is 24.5. The van der Waals surface area contributed by atoms with E-state index in [4.69, 9.17) is 5.73 Å². The van der Waals surface area contributed by atoms with Crippen LogP contribution in [0.1, 0.15) is 23.0 Å².